The molecule has 0 aliphatic carbocycles. The normalized spacial score (nSPS) is 10.7. The van der Waals surface area contributed by atoms with Gasteiger partial charge in [0.05, 0.1) is 11.9 Å². The maximum Gasteiger partial charge on any atom is 0.332 e. The smallest absolute Gasteiger partial charge is 0.332 e. The molecule has 0 saturated heterocycles. The second kappa shape index (κ2) is 5.18. The van der Waals surface area contributed by atoms with Gasteiger partial charge in [-0.3, -0.25) is 0 Å². The lowest BCUT2D eigenvalue weighted by molar-refractivity contribution is 0.249. The third kappa shape index (κ3) is 2.57. The molecule has 0 spiro atoms. The summed E-state index contributed by atoms with van der Waals surface area (Å²) in [6.45, 7) is 2.01. The lowest BCUT2D eigenvalue weighted by atomic mass is 10.3. The maximum atomic E-state index is 10.5. The summed E-state index contributed by atoms with van der Waals surface area (Å²) in [7, 11) is 0. The van der Waals surface area contributed by atoms with Crippen LogP contribution in [0.2, 0.25) is 0 Å². The van der Waals surface area contributed by atoms with Crippen molar-refractivity contribution in [2.75, 3.05) is 0 Å². The number of nitrogens with two attached hydrogens (primary N) is 1. The largest absolute Gasteiger partial charge is 0.350 e. The number of urea groups is 1. The summed E-state index contributed by atoms with van der Waals surface area (Å²) in [6.07, 6.45) is 1.56. The molecule has 0 fully saturated rings. The first-order valence-corrected chi connectivity index (χ1v) is 5.51. The SMILES string of the molecule is Cc1ccc(/C=N/NC(N)=O)n1-c1ccccc1. The van der Waals surface area contributed by atoms with E-state index in [-0.39, 0.29) is 0 Å². The molecule has 3 N–H and O–H groups in total. The van der Waals surface area contributed by atoms with Gasteiger partial charge in [-0.1, -0.05) is 18.2 Å². The molecule has 2 amide bonds. The monoisotopic (exact) mass is 242 g/mol. The highest BCUT2D eigenvalue weighted by molar-refractivity contribution is 5.81. The number of carbonyl (C=O) groups excluding carboxylic acids is 1. The van der Waals surface area contributed by atoms with Crippen molar-refractivity contribution in [3.8, 4) is 5.69 Å². The number of benzene rings is 1. The zero-order valence-corrected chi connectivity index (χ0v) is 10.00. The van der Waals surface area contributed by atoms with Gasteiger partial charge < -0.3 is 10.3 Å². The second-order valence-corrected chi connectivity index (χ2v) is 3.80. The van der Waals surface area contributed by atoms with Crippen molar-refractivity contribution in [1.29, 1.82) is 0 Å². The Hall–Kier alpha value is -2.56. The number of primary amides is 1. The van der Waals surface area contributed by atoms with E-state index in [1.807, 2.05) is 54.0 Å². The number of hydrazone groups is 1. The average Bonchev–Trinajstić information content (AvgIpc) is 2.71. The molecule has 0 saturated carbocycles. The Labute approximate surface area is 105 Å². The quantitative estimate of drug-likeness (QED) is 0.625. The molecule has 0 unspecified atom stereocenters. The van der Waals surface area contributed by atoms with E-state index in [1.165, 1.54) is 0 Å². The Morgan fingerprint density at radius 3 is 2.67 bits per heavy atom. The third-order valence-electron chi connectivity index (χ3n) is 2.49. The minimum Gasteiger partial charge on any atom is -0.350 e. The molecule has 0 aliphatic rings. The highest BCUT2D eigenvalue weighted by Crippen LogP contribution is 2.15. The van der Waals surface area contributed by atoms with Crippen LogP contribution >= 0.6 is 0 Å². The summed E-state index contributed by atoms with van der Waals surface area (Å²) in [6, 6.07) is 13.1. The second-order valence-electron chi connectivity index (χ2n) is 3.80. The number of nitrogens with zero attached hydrogens (tertiary/aromatic N) is 2. The first-order valence-electron chi connectivity index (χ1n) is 5.51. The number of amides is 2. The molecule has 5 nitrogen and oxygen atoms in total. The molecule has 0 atom stereocenters. The van der Waals surface area contributed by atoms with Crippen molar-refractivity contribution < 1.29 is 4.79 Å². The maximum absolute atomic E-state index is 10.5. The van der Waals surface area contributed by atoms with Crippen molar-refractivity contribution in [3.05, 3.63) is 53.9 Å². The Kier molecular flexibility index (Phi) is 3.43. The summed E-state index contributed by atoms with van der Waals surface area (Å²) in [5.74, 6) is 0. The van der Waals surface area contributed by atoms with Crippen LogP contribution in [0.15, 0.2) is 47.6 Å². The van der Waals surface area contributed by atoms with Crippen LogP contribution in [-0.2, 0) is 0 Å². The van der Waals surface area contributed by atoms with Crippen LogP contribution < -0.4 is 11.2 Å². The van der Waals surface area contributed by atoms with Crippen LogP contribution in [0.5, 0.6) is 0 Å². The van der Waals surface area contributed by atoms with E-state index in [4.69, 9.17) is 5.73 Å². The fraction of sp³-hybridized carbons (Fsp3) is 0.0769. The third-order valence-corrected chi connectivity index (χ3v) is 2.49. The van der Waals surface area contributed by atoms with Crippen molar-refractivity contribution in [1.82, 2.24) is 9.99 Å². The van der Waals surface area contributed by atoms with Gasteiger partial charge in [0.2, 0.25) is 0 Å². The fourth-order valence-electron chi connectivity index (χ4n) is 1.75. The van der Waals surface area contributed by atoms with Gasteiger partial charge in [0, 0.05) is 11.4 Å². The van der Waals surface area contributed by atoms with Crippen LogP contribution in [0, 0.1) is 6.92 Å². The molecule has 1 aromatic heterocycles. The highest BCUT2D eigenvalue weighted by atomic mass is 16.2. The molecule has 18 heavy (non-hydrogen) atoms. The lowest BCUT2D eigenvalue weighted by Crippen LogP contribution is -2.24. The number of hydrogen-bond acceptors (Lipinski definition) is 2. The van der Waals surface area contributed by atoms with Crippen molar-refractivity contribution in [2.45, 2.75) is 6.92 Å². The zero-order valence-electron chi connectivity index (χ0n) is 10.00. The molecule has 0 radical (unpaired) electrons. The van der Waals surface area contributed by atoms with E-state index in [0.29, 0.717) is 0 Å². The van der Waals surface area contributed by atoms with Gasteiger partial charge in [0.15, 0.2) is 0 Å². The minimum absolute atomic E-state index is 0.680. The van der Waals surface area contributed by atoms with E-state index in [9.17, 15) is 4.79 Å². The van der Waals surface area contributed by atoms with Gasteiger partial charge in [-0.05, 0) is 31.2 Å². The van der Waals surface area contributed by atoms with E-state index in [2.05, 4.69) is 10.5 Å². The summed E-state index contributed by atoms with van der Waals surface area (Å²) < 4.78 is 2.03. The number of para-hydroxylation sites is 1. The lowest BCUT2D eigenvalue weighted by Gasteiger charge is -2.08. The summed E-state index contributed by atoms with van der Waals surface area (Å²) in [5.41, 5.74) is 10.1. The van der Waals surface area contributed by atoms with Gasteiger partial charge in [-0.25, -0.2) is 10.2 Å². The predicted molar refractivity (Wildman–Crippen MR) is 70.8 cm³/mol. The van der Waals surface area contributed by atoms with Crippen LogP contribution in [0.25, 0.3) is 5.69 Å². The van der Waals surface area contributed by atoms with E-state index >= 15 is 0 Å². The molecule has 5 heteroatoms. The van der Waals surface area contributed by atoms with Gasteiger partial charge in [-0.2, -0.15) is 5.10 Å². The topological polar surface area (TPSA) is 72.4 Å². The Balaban J connectivity index is 2.34. The van der Waals surface area contributed by atoms with Crippen LogP contribution in [0.1, 0.15) is 11.4 Å². The molecular weight excluding hydrogens is 228 g/mol. The fourth-order valence-corrected chi connectivity index (χ4v) is 1.75. The number of aromatic nitrogens is 1. The standard InChI is InChI=1S/C13H14N4O/c1-10-7-8-12(9-15-16-13(14)18)17(10)11-5-3-2-4-6-11/h2-9H,1H3,(H3,14,16,18)/b15-9+. The molecule has 2 aromatic rings. The number of carbonyl (C=O) groups is 1. The Morgan fingerprint density at radius 2 is 2.00 bits per heavy atom. The van der Waals surface area contributed by atoms with E-state index in [0.717, 1.165) is 17.1 Å². The number of nitrogens with one attached hydrogen (secondary N) is 1. The van der Waals surface area contributed by atoms with Gasteiger partial charge in [-0.15, -0.1) is 0 Å². The van der Waals surface area contributed by atoms with Crippen molar-refractivity contribution in [3.63, 3.8) is 0 Å². The van der Waals surface area contributed by atoms with Gasteiger partial charge in [0.25, 0.3) is 0 Å². The molecule has 92 valence electrons. The van der Waals surface area contributed by atoms with Crippen LogP contribution in [0.4, 0.5) is 4.79 Å². The number of rotatable bonds is 3. The van der Waals surface area contributed by atoms with Gasteiger partial charge >= 0.3 is 6.03 Å². The van der Waals surface area contributed by atoms with Crippen molar-refractivity contribution in [2.24, 2.45) is 10.8 Å². The molecule has 1 heterocycles. The van der Waals surface area contributed by atoms with Crippen LogP contribution in [0.3, 0.4) is 0 Å². The predicted octanol–water partition coefficient (Wildman–Crippen LogP) is 1.79. The van der Waals surface area contributed by atoms with Crippen LogP contribution in [-0.4, -0.2) is 16.8 Å². The van der Waals surface area contributed by atoms with E-state index in [1.54, 1.807) is 6.21 Å². The summed E-state index contributed by atoms with van der Waals surface area (Å²) in [4.78, 5) is 10.5. The first-order chi connectivity index (χ1) is 8.68. The molecule has 0 bridgehead atoms. The van der Waals surface area contributed by atoms with Crippen molar-refractivity contribution >= 4 is 12.2 Å². The first kappa shape index (κ1) is 11.9. The molecule has 0 aliphatic heterocycles. The van der Waals surface area contributed by atoms with E-state index < -0.39 is 6.03 Å². The van der Waals surface area contributed by atoms with Gasteiger partial charge in [0.1, 0.15) is 0 Å². The average molecular weight is 242 g/mol. The summed E-state index contributed by atoms with van der Waals surface area (Å²) in [5, 5.41) is 3.77. The minimum atomic E-state index is -0.680. The highest BCUT2D eigenvalue weighted by Gasteiger charge is 2.04. The number of hydrogen-bond donors (Lipinski definition) is 2. The molecule has 1 aromatic carbocycles. The number of aryl methyl sites for hydroxylation is 1. The summed E-state index contributed by atoms with van der Waals surface area (Å²) >= 11 is 0. The Morgan fingerprint density at radius 1 is 1.28 bits per heavy atom. The Bertz CT molecular complexity index is 572. The molecular formula is C13H14N4O. The molecule has 2 rings (SSSR count). The zero-order chi connectivity index (χ0) is 13.0.